The van der Waals surface area contributed by atoms with E-state index < -0.39 is 11.8 Å². The Labute approximate surface area is 123 Å². The van der Waals surface area contributed by atoms with Gasteiger partial charge in [0.2, 0.25) is 0 Å². The fourth-order valence-electron chi connectivity index (χ4n) is 1.70. The molecule has 2 rings (SSSR count). The summed E-state index contributed by atoms with van der Waals surface area (Å²) in [6.45, 7) is 2.32. The number of aromatic nitrogens is 3. The number of carbonyl (C=O) groups is 1. The zero-order valence-corrected chi connectivity index (χ0v) is 12.1. The first-order valence-corrected chi connectivity index (χ1v) is 7.13. The highest BCUT2D eigenvalue weighted by molar-refractivity contribution is 7.99. The lowest BCUT2D eigenvalue weighted by molar-refractivity contribution is -0.133. The van der Waals surface area contributed by atoms with Crippen molar-refractivity contribution >= 4 is 29.3 Å². The van der Waals surface area contributed by atoms with Crippen molar-refractivity contribution in [2.24, 2.45) is 0 Å². The Kier molecular flexibility index (Phi) is 4.61. The van der Waals surface area contributed by atoms with E-state index in [0.29, 0.717) is 17.5 Å². The number of carboxylic acids is 1. The Bertz CT molecular complexity index is 627. The van der Waals surface area contributed by atoms with Gasteiger partial charge in [0, 0.05) is 6.54 Å². The molecule has 0 spiro atoms. The van der Waals surface area contributed by atoms with Gasteiger partial charge in [-0.05, 0) is 19.1 Å². The van der Waals surface area contributed by atoms with Gasteiger partial charge < -0.3 is 9.67 Å². The van der Waals surface area contributed by atoms with Gasteiger partial charge in [0.05, 0.1) is 16.3 Å². The molecule has 1 N–H and O–H groups in total. The van der Waals surface area contributed by atoms with E-state index >= 15 is 0 Å². The van der Waals surface area contributed by atoms with Gasteiger partial charge in [0.15, 0.2) is 11.0 Å². The van der Waals surface area contributed by atoms with Crippen LogP contribution in [0.25, 0.3) is 11.4 Å². The molecular weight excluding hydrogens is 305 g/mol. The lowest BCUT2D eigenvalue weighted by Gasteiger charge is -2.08. The molecule has 1 heterocycles. The van der Waals surface area contributed by atoms with E-state index in [1.807, 2.05) is 6.92 Å². The third kappa shape index (κ3) is 2.94. The largest absolute Gasteiger partial charge is 0.481 e. The predicted molar refractivity (Wildman–Crippen MR) is 74.5 cm³/mol. The highest BCUT2D eigenvalue weighted by Gasteiger charge is 2.19. The topological polar surface area (TPSA) is 68.0 Å². The van der Waals surface area contributed by atoms with Crippen LogP contribution in [0.3, 0.4) is 0 Å². The molecule has 1 aromatic heterocycles. The van der Waals surface area contributed by atoms with Crippen LogP contribution in [0.5, 0.6) is 0 Å². The quantitative estimate of drug-likeness (QED) is 0.859. The van der Waals surface area contributed by atoms with Crippen molar-refractivity contribution < 1.29 is 14.3 Å². The summed E-state index contributed by atoms with van der Waals surface area (Å²) in [5, 5.41) is 17.2. The summed E-state index contributed by atoms with van der Waals surface area (Å²) < 4.78 is 15.5. The molecule has 20 heavy (non-hydrogen) atoms. The van der Waals surface area contributed by atoms with Crippen LogP contribution in [0.4, 0.5) is 4.39 Å². The van der Waals surface area contributed by atoms with Gasteiger partial charge in [-0.25, -0.2) is 4.39 Å². The van der Waals surface area contributed by atoms with Crippen LogP contribution in [-0.2, 0) is 11.3 Å². The molecule has 1 aromatic carbocycles. The van der Waals surface area contributed by atoms with Crippen molar-refractivity contribution in [3.05, 3.63) is 29.0 Å². The van der Waals surface area contributed by atoms with Crippen molar-refractivity contribution in [1.82, 2.24) is 14.8 Å². The first-order chi connectivity index (χ1) is 9.54. The maximum absolute atomic E-state index is 13.9. The Hall–Kier alpha value is -1.60. The van der Waals surface area contributed by atoms with Crippen molar-refractivity contribution in [2.45, 2.75) is 18.6 Å². The molecule has 0 aliphatic rings. The number of hydrogen-bond donors (Lipinski definition) is 1. The van der Waals surface area contributed by atoms with Gasteiger partial charge in [-0.1, -0.05) is 29.4 Å². The second-order valence-corrected chi connectivity index (χ2v) is 5.18. The number of benzene rings is 1. The molecule has 8 heteroatoms. The van der Waals surface area contributed by atoms with Gasteiger partial charge in [-0.2, -0.15) is 0 Å². The molecule has 0 saturated carbocycles. The molecule has 0 fully saturated rings. The van der Waals surface area contributed by atoms with E-state index in [-0.39, 0.29) is 16.3 Å². The average molecular weight is 316 g/mol. The zero-order valence-electron chi connectivity index (χ0n) is 10.5. The average Bonchev–Trinajstić information content (AvgIpc) is 2.79. The highest BCUT2D eigenvalue weighted by Crippen LogP contribution is 2.31. The molecular formula is C12H11ClFN3O2S. The van der Waals surface area contributed by atoms with Crippen LogP contribution in [0, 0.1) is 5.82 Å². The lowest BCUT2D eigenvalue weighted by atomic mass is 10.2. The molecule has 0 saturated heterocycles. The number of thioether (sulfide) groups is 1. The van der Waals surface area contributed by atoms with Gasteiger partial charge in [-0.3, -0.25) is 4.79 Å². The minimum absolute atomic E-state index is 0.136. The molecule has 0 aliphatic heterocycles. The first kappa shape index (κ1) is 14.8. The van der Waals surface area contributed by atoms with Gasteiger partial charge in [-0.15, -0.1) is 10.2 Å². The standard InChI is InChI=1S/C12H11ClFN3O2S/c1-2-17-11(10-7(13)4-3-5-8(10)14)15-16-12(17)20-6-9(18)19/h3-5H,2,6H2,1H3,(H,18,19). The first-order valence-electron chi connectivity index (χ1n) is 5.76. The Morgan fingerprint density at radius 3 is 2.85 bits per heavy atom. The van der Waals surface area contributed by atoms with Crippen molar-refractivity contribution in [3.63, 3.8) is 0 Å². The summed E-state index contributed by atoms with van der Waals surface area (Å²) in [7, 11) is 0. The summed E-state index contributed by atoms with van der Waals surface area (Å²) in [6, 6.07) is 4.37. The Morgan fingerprint density at radius 2 is 2.25 bits per heavy atom. The van der Waals surface area contributed by atoms with E-state index in [9.17, 15) is 9.18 Å². The second kappa shape index (κ2) is 6.23. The van der Waals surface area contributed by atoms with Gasteiger partial charge in [0.1, 0.15) is 5.82 Å². The molecule has 2 aromatic rings. The van der Waals surface area contributed by atoms with E-state index in [1.54, 1.807) is 10.6 Å². The Morgan fingerprint density at radius 1 is 1.50 bits per heavy atom. The number of halogens is 2. The molecule has 0 atom stereocenters. The molecule has 0 bridgehead atoms. The minimum atomic E-state index is -0.953. The predicted octanol–water partition coefficient (Wildman–Crippen LogP) is 2.93. The third-order valence-electron chi connectivity index (χ3n) is 2.54. The summed E-state index contributed by atoms with van der Waals surface area (Å²) >= 11 is 7.04. The SMILES string of the molecule is CCn1c(SCC(=O)O)nnc1-c1c(F)cccc1Cl. The van der Waals surface area contributed by atoms with Crippen LogP contribution in [-0.4, -0.2) is 31.6 Å². The van der Waals surface area contributed by atoms with E-state index in [0.717, 1.165) is 11.8 Å². The number of nitrogens with zero attached hydrogens (tertiary/aromatic N) is 3. The molecule has 0 aliphatic carbocycles. The number of carboxylic acid groups (broad SMARTS) is 1. The van der Waals surface area contributed by atoms with Crippen LogP contribution in [0.1, 0.15) is 6.92 Å². The molecule has 0 unspecified atom stereocenters. The molecule has 5 nitrogen and oxygen atoms in total. The van der Waals surface area contributed by atoms with Crippen LogP contribution >= 0.6 is 23.4 Å². The monoisotopic (exact) mass is 315 g/mol. The van der Waals surface area contributed by atoms with Crippen LogP contribution < -0.4 is 0 Å². The summed E-state index contributed by atoms with van der Waals surface area (Å²) in [5.41, 5.74) is 0.172. The van der Waals surface area contributed by atoms with Crippen molar-refractivity contribution in [3.8, 4) is 11.4 Å². The maximum Gasteiger partial charge on any atom is 0.313 e. The third-order valence-corrected chi connectivity index (χ3v) is 3.81. The summed E-state index contributed by atoms with van der Waals surface area (Å²) in [4.78, 5) is 10.6. The van der Waals surface area contributed by atoms with Gasteiger partial charge >= 0.3 is 5.97 Å². The smallest absolute Gasteiger partial charge is 0.313 e. The molecule has 106 valence electrons. The Balaban J connectivity index is 2.45. The molecule has 0 radical (unpaired) electrons. The summed E-state index contributed by atoms with van der Waals surface area (Å²) in [6.07, 6.45) is 0. The van der Waals surface area contributed by atoms with Crippen molar-refractivity contribution in [1.29, 1.82) is 0 Å². The molecule has 0 amide bonds. The van der Waals surface area contributed by atoms with Gasteiger partial charge in [0.25, 0.3) is 0 Å². The van der Waals surface area contributed by atoms with Crippen LogP contribution in [0.2, 0.25) is 5.02 Å². The highest BCUT2D eigenvalue weighted by atomic mass is 35.5. The maximum atomic E-state index is 13.9. The minimum Gasteiger partial charge on any atom is -0.481 e. The van der Waals surface area contributed by atoms with Crippen molar-refractivity contribution in [2.75, 3.05) is 5.75 Å². The summed E-state index contributed by atoms with van der Waals surface area (Å²) in [5.74, 6) is -1.28. The second-order valence-electron chi connectivity index (χ2n) is 3.83. The number of hydrogen-bond acceptors (Lipinski definition) is 4. The van der Waals surface area contributed by atoms with E-state index in [1.165, 1.54) is 12.1 Å². The number of rotatable bonds is 5. The fourth-order valence-corrected chi connectivity index (χ4v) is 2.67. The lowest BCUT2D eigenvalue weighted by Crippen LogP contribution is -2.04. The van der Waals surface area contributed by atoms with E-state index in [2.05, 4.69) is 10.2 Å². The number of aliphatic carboxylic acids is 1. The fraction of sp³-hybridized carbons (Fsp3) is 0.250. The zero-order chi connectivity index (χ0) is 14.7. The normalized spacial score (nSPS) is 10.8. The van der Waals surface area contributed by atoms with Crippen LogP contribution in [0.15, 0.2) is 23.4 Å². The van der Waals surface area contributed by atoms with E-state index in [4.69, 9.17) is 16.7 Å².